The fourth-order valence-electron chi connectivity index (χ4n) is 4.83. The van der Waals surface area contributed by atoms with Gasteiger partial charge in [-0.1, -0.05) is 18.2 Å². The molecule has 0 unspecified atom stereocenters. The molecular formula is C27H31F3N8O2. The van der Waals surface area contributed by atoms with E-state index in [1.54, 1.807) is 19.2 Å². The van der Waals surface area contributed by atoms with E-state index in [0.717, 1.165) is 50.3 Å². The zero-order valence-corrected chi connectivity index (χ0v) is 22.3. The number of nitrogens with zero attached hydrogens (tertiary/aromatic N) is 6. The minimum absolute atomic E-state index is 0.110. The van der Waals surface area contributed by atoms with Crippen LogP contribution >= 0.6 is 0 Å². The molecule has 2 aromatic carbocycles. The highest BCUT2D eigenvalue weighted by molar-refractivity contribution is 5.95. The number of aromatic nitrogens is 3. The van der Waals surface area contributed by atoms with E-state index in [1.807, 2.05) is 17.0 Å². The van der Waals surface area contributed by atoms with Gasteiger partial charge in [-0.3, -0.25) is 4.79 Å². The van der Waals surface area contributed by atoms with Crippen LogP contribution in [0.3, 0.4) is 0 Å². The molecule has 212 valence electrons. The fraction of sp³-hybridized carbons (Fsp3) is 0.407. The number of ether oxygens (including phenoxy) is 1. The largest absolute Gasteiger partial charge is 0.573 e. The van der Waals surface area contributed by atoms with Crippen LogP contribution in [-0.2, 0) is 13.0 Å². The third-order valence-electron chi connectivity index (χ3n) is 6.96. The van der Waals surface area contributed by atoms with Gasteiger partial charge in [-0.15, -0.1) is 13.2 Å². The van der Waals surface area contributed by atoms with Crippen LogP contribution in [0.25, 0.3) is 0 Å². The summed E-state index contributed by atoms with van der Waals surface area (Å²) >= 11 is 0. The lowest BCUT2D eigenvalue weighted by atomic mass is 9.99. The number of amides is 1. The molecule has 0 atom stereocenters. The second-order valence-electron chi connectivity index (χ2n) is 9.74. The maximum absolute atomic E-state index is 12.9. The van der Waals surface area contributed by atoms with Crippen molar-refractivity contribution in [3.8, 4) is 5.75 Å². The molecule has 0 spiro atoms. The lowest BCUT2D eigenvalue weighted by Crippen LogP contribution is -2.45. The van der Waals surface area contributed by atoms with Gasteiger partial charge in [0.15, 0.2) is 0 Å². The average molecular weight is 557 g/mol. The number of nitrogens with one attached hydrogen (secondary N) is 2. The van der Waals surface area contributed by atoms with Crippen molar-refractivity contribution in [1.29, 1.82) is 0 Å². The zero-order valence-electron chi connectivity index (χ0n) is 22.3. The van der Waals surface area contributed by atoms with Crippen molar-refractivity contribution in [3.05, 3.63) is 59.2 Å². The Morgan fingerprint density at radius 1 is 1.00 bits per heavy atom. The Labute approximate surface area is 230 Å². The molecule has 3 heterocycles. The summed E-state index contributed by atoms with van der Waals surface area (Å²) in [7, 11) is 3.87. The highest BCUT2D eigenvalue weighted by Crippen LogP contribution is 2.33. The summed E-state index contributed by atoms with van der Waals surface area (Å²) in [6.07, 6.45) is -3.21. The van der Waals surface area contributed by atoms with Crippen molar-refractivity contribution in [1.82, 2.24) is 25.2 Å². The van der Waals surface area contributed by atoms with E-state index < -0.39 is 12.3 Å². The maximum Gasteiger partial charge on any atom is 0.573 e. The summed E-state index contributed by atoms with van der Waals surface area (Å²) in [6, 6.07) is 11.1. The van der Waals surface area contributed by atoms with Crippen LogP contribution < -0.4 is 25.2 Å². The van der Waals surface area contributed by atoms with Crippen LogP contribution in [0.5, 0.6) is 5.75 Å². The standard InChI is InChI=1S/C27H31F3N8O2/c1-31-24-33-25(37-14-12-36(2)13-15-37)35-26(34-24)38-11-5-7-18-16-19(9-10-21(18)38)23(39)32-17-20-6-3-4-8-22(20)40-27(28,29)30/h3-4,6,8-10,16H,5,7,11-15,17H2,1-2H3,(H,32,39)(H,31,33,34,35). The number of hydrogen-bond donors (Lipinski definition) is 2. The normalized spacial score (nSPS) is 15.9. The average Bonchev–Trinajstić information content (AvgIpc) is 2.95. The van der Waals surface area contributed by atoms with Gasteiger partial charge in [-0.2, -0.15) is 15.0 Å². The summed E-state index contributed by atoms with van der Waals surface area (Å²) in [6.45, 7) is 4.10. The van der Waals surface area contributed by atoms with Gasteiger partial charge < -0.3 is 30.1 Å². The molecule has 40 heavy (non-hydrogen) atoms. The van der Waals surface area contributed by atoms with E-state index in [2.05, 4.69) is 42.2 Å². The fourth-order valence-corrected chi connectivity index (χ4v) is 4.83. The highest BCUT2D eigenvalue weighted by Gasteiger charge is 2.32. The number of halogens is 3. The van der Waals surface area contributed by atoms with Crippen LogP contribution in [0.2, 0.25) is 0 Å². The van der Waals surface area contributed by atoms with Gasteiger partial charge in [0.25, 0.3) is 5.91 Å². The van der Waals surface area contributed by atoms with E-state index in [-0.39, 0.29) is 17.9 Å². The molecule has 1 amide bonds. The lowest BCUT2D eigenvalue weighted by molar-refractivity contribution is -0.274. The number of likely N-dealkylation sites (N-methyl/N-ethyl adjacent to an activating group) is 1. The van der Waals surface area contributed by atoms with Gasteiger partial charge in [0, 0.05) is 63.1 Å². The number of rotatable bonds is 7. The monoisotopic (exact) mass is 556 g/mol. The van der Waals surface area contributed by atoms with Gasteiger partial charge in [0.05, 0.1) is 0 Å². The summed E-state index contributed by atoms with van der Waals surface area (Å²) in [5.41, 5.74) is 2.51. The zero-order chi connectivity index (χ0) is 28.3. The Morgan fingerprint density at radius 2 is 1.75 bits per heavy atom. The van der Waals surface area contributed by atoms with Crippen molar-refractivity contribution >= 4 is 29.4 Å². The number of hydrogen-bond acceptors (Lipinski definition) is 9. The predicted octanol–water partition coefficient (Wildman–Crippen LogP) is 3.58. The van der Waals surface area contributed by atoms with Crippen molar-refractivity contribution in [3.63, 3.8) is 0 Å². The number of alkyl halides is 3. The SMILES string of the molecule is CNc1nc(N2CCN(C)CC2)nc(N2CCCc3cc(C(=O)NCc4ccccc4OC(F)(F)F)ccc32)n1. The first-order chi connectivity index (χ1) is 19.2. The van der Waals surface area contributed by atoms with Gasteiger partial charge in [0.1, 0.15) is 5.75 Å². The minimum atomic E-state index is -4.82. The Kier molecular flexibility index (Phi) is 7.92. The maximum atomic E-state index is 12.9. The Balaban J connectivity index is 1.34. The van der Waals surface area contributed by atoms with Crippen LogP contribution in [0.15, 0.2) is 42.5 Å². The molecule has 0 radical (unpaired) electrons. The first kappa shape index (κ1) is 27.4. The third-order valence-corrected chi connectivity index (χ3v) is 6.96. The van der Waals surface area contributed by atoms with Crippen LogP contribution in [0.4, 0.5) is 36.7 Å². The van der Waals surface area contributed by atoms with Gasteiger partial charge in [0.2, 0.25) is 17.8 Å². The molecule has 0 aliphatic carbocycles. The van der Waals surface area contributed by atoms with Gasteiger partial charge in [-0.05, 0) is 49.7 Å². The van der Waals surface area contributed by atoms with Crippen molar-refractivity contribution in [2.75, 3.05) is 61.9 Å². The molecule has 2 aliphatic rings. The van der Waals surface area contributed by atoms with Gasteiger partial charge >= 0.3 is 6.36 Å². The summed E-state index contributed by atoms with van der Waals surface area (Å²) < 4.78 is 42.3. The number of benzene rings is 2. The molecule has 2 N–H and O–H groups in total. The molecule has 1 saturated heterocycles. The van der Waals surface area contributed by atoms with E-state index in [4.69, 9.17) is 4.98 Å². The number of fused-ring (bicyclic) bond motifs is 1. The molecule has 13 heteroatoms. The summed E-state index contributed by atoms with van der Waals surface area (Å²) in [5.74, 6) is 0.909. The van der Waals surface area contributed by atoms with E-state index in [0.29, 0.717) is 30.0 Å². The first-order valence-electron chi connectivity index (χ1n) is 13.1. The topological polar surface area (TPSA) is 98.8 Å². The molecule has 1 fully saturated rings. The predicted molar refractivity (Wildman–Crippen MR) is 145 cm³/mol. The molecule has 3 aromatic rings. The molecule has 10 nitrogen and oxygen atoms in total. The minimum Gasteiger partial charge on any atom is -0.405 e. The third kappa shape index (κ3) is 6.36. The second-order valence-corrected chi connectivity index (χ2v) is 9.74. The number of anilines is 4. The molecule has 5 rings (SSSR count). The van der Waals surface area contributed by atoms with Crippen LogP contribution in [-0.4, -0.2) is 78.9 Å². The Bertz CT molecular complexity index is 1360. The number of aryl methyl sites for hydroxylation is 1. The number of piperazine rings is 1. The van der Waals surface area contributed by atoms with Crippen LogP contribution in [0, 0.1) is 0 Å². The molecular weight excluding hydrogens is 525 g/mol. The quantitative estimate of drug-likeness (QED) is 0.453. The van der Waals surface area contributed by atoms with Gasteiger partial charge in [-0.25, -0.2) is 0 Å². The number of carbonyl (C=O) groups excluding carboxylic acids is 1. The Morgan fingerprint density at radius 3 is 2.50 bits per heavy atom. The lowest BCUT2D eigenvalue weighted by Gasteiger charge is -2.34. The first-order valence-corrected chi connectivity index (χ1v) is 13.1. The number of para-hydroxylation sites is 1. The summed E-state index contributed by atoms with van der Waals surface area (Å²) in [4.78, 5) is 33.4. The van der Waals surface area contributed by atoms with E-state index >= 15 is 0 Å². The smallest absolute Gasteiger partial charge is 0.405 e. The van der Waals surface area contributed by atoms with Crippen LogP contribution in [0.1, 0.15) is 27.9 Å². The second kappa shape index (κ2) is 11.5. The molecule has 2 aliphatic heterocycles. The molecule has 0 bridgehead atoms. The Hall–Kier alpha value is -4.13. The summed E-state index contributed by atoms with van der Waals surface area (Å²) in [5, 5.41) is 5.74. The molecule has 1 aromatic heterocycles. The van der Waals surface area contributed by atoms with E-state index in [9.17, 15) is 18.0 Å². The number of carbonyl (C=O) groups is 1. The van der Waals surface area contributed by atoms with E-state index in [1.165, 1.54) is 18.2 Å². The molecule has 0 saturated carbocycles. The van der Waals surface area contributed by atoms with Crippen molar-refractivity contribution < 1.29 is 22.7 Å². The van der Waals surface area contributed by atoms with Crippen molar-refractivity contribution in [2.24, 2.45) is 0 Å². The highest BCUT2D eigenvalue weighted by atomic mass is 19.4. The van der Waals surface area contributed by atoms with Crippen molar-refractivity contribution in [2.45, 2.75) is 25.7 Å².